The highest BCUT2D eigenvalue weighted by Gasteiger charge is 2.26. The first-order chi connectivity index (χ1) is 7.93. The zero-order valence-electron chi connectivity index (χ0n) is 11.8. The molecule has 0 bridgehead atoms. The Kier molecular flexibility index (Phi) is 5.44. The molecule has 2 N–H and O–H groups in total. The van der Waals surface area contributed by atoms with Gasteiger partial charge in [0.1, 0.15) is 0 Å². The first kappa shape index (κ1) is 14.5. The van der Waals surface area contributed by atoms with Crippen LogP contribution in [0.15, 0.2) is 0 Å². The zero-order chi connectivity index (χ0) is 12.9. The van der Waals surface area contributed by atoms with Gasteiger partial charge in [-0.2, -0.15) is 0 Å². The highest BCUT2D eigenvalue weighted by molar-refractivity contribution is 5.78. The molecule has 1 aliphatic carbocycles. The molecule has 0 aromatic carbocycles. The van der Waals surface area contributed by atoms with Crippen molar-refractivity contribution in [2.45, 2.75) is 71.4 Å². The maximum absolute atomic E-state index is 11.8. The minimum atomic E-state index is 0.123. The summed E-state index contributed by atoms with van der Waals surface area (Å²) >= 11 is 0. The first-order valence-electron chi connectivity index (χ1n) is 6.97. The van der Waals surface area contributed by atoms with Gasteiger partial charge in [-0.1, -0.05) is 33.1 Å². The summed E-state index contributed by atoms with van der Waals surface area (Å²) in [6, 6.07) is 0.253. The summed E-state index contributed by atoms with van der Waals surface area (Å²) in [4.78, 5) is 11.8. The van der Waals surface area contributed by atoms with Crippen molar-refractivity contribution < 1.29 is 4.79 Å². The molecule has 0 heterocycles. The van der Waals surface area contributed by atoms with Gasteiger partial charge in [0.2, 0.25) is 5.91 Å². The van der Waals surface area contributed by atoms with E-state index in [1.54, 1.807) is 0 Å². The van der Waals surface area contributed by atoms with Crippen molar-refractivity contribution in [2.24, 2.45) is 5.92 Å². The predicted octanol–water partition coefficient (Wildman–Crippen LogP) is 2.46. The van der Waals surface area contributed by atoms with Crippen LogP contribution in [0, 0.1) is 5.92 Å². The molecule has 3 heteroatoms. The monoisotopic (exact) mass is 240 g/mol. The number of amides is 1. The highest BCUT2D eigenvalue weighted by atomic mass is 16.2. The van der Waals surface area contributed by atoms with Gasteiger partial charge < -0.3 is 10.6 Å². The van der Waals surface area contributed by atoms with Gasteiger partial charge in [0.05, 0.1) is 6.54 Å². The summed E-state index contributed by atoms with van der Waals surface area (Å²) in [6.07, 6.45) is 6.30. The Hall–Kier alpha value is -0.570. The standard InChI is InChI=1S/C14H28N2O/c1-11(2)12(3)16-13(17)10-15-14(4)8-6-5-7-9-14/h11-12,15H,5-10H2,1-4H3,(H,16,17). The molecule has 0 aromatic heterocycles. The van der Waals surface area contributed by atoms with Crippen molar-refractivity contribution in [2.75, 3.05) is 6.54 Å². The zero-order valence-corrected chi connectivity index (χ0v) is 11.8. The Morgan fingerprint density at radius 1 is 1.18 bits per heavy atom. The molecule has 0 aromatic rings. The van der Waals surface area contributed by atoms with E-state index < -0.39 is 0 Å². The topological polar surface area (TPSA) is 41.1 Å². The fourth-order valence-electron chi connectivity index (χ4n) is 2.27. The quantitative estimate of drug-likeness (QED) is 0.775. The van der Waals surface area contributed by atoms with Crippen LogP contribution in [-0.2, 0) is 4.79 Å². The van der Waals surface area contributed by atoms with Crippen molar-refractivity contribution in [3.63, 3.8) is 0 Å². The van der Waals surface area contributed by atoms with Gasteiger partial charge in [-0.15, -0.1) is 0 Å². The number of hydrogen-bond acceptors (Lipinski definition) is 2. The minimum absolute atomic E-state index is 0.123. The molecule has 1 unspecified atom stereocenters. The third kappa shape index (κ3) is 5.07. The molecule has 1 aliphatic rings. The number of carbonyl (C=O) groups is 1. The molecule has 17 heavy (non-hydrogen) atoms. The van der Waals surface area contributed by atoms with Crippen LogP contribution in [0.2, 0.25) is 0 Å². The van der Waals surface area contributed by atoms with E-state index in [0.29, 0.717) is 12.5 Å². The second-order valence-corrected chi connectivity index (χ2v) is 6.08. The maximum atomic E-state index is 11.8. The third-order valence-electron chi connectivity index (χ3n) is 4.02. The van der Waals surface area contributed by atoms with Gasteiger partial charge in [-0.3, -0.25) is 4.79 Å². The molecule has 1 atom stereocenters. The Morgan fingerprint density at radius 3 is 2.29 bits per heavy atom. The predicted molar refractivity (Wildman–Crippen MR) is 71.9 cm³/mol. The first-order valence-corrected chi connectivity index (χ1v) is 6.97. The van der Waals surface area contributed by atoms with Gasteiger partial charge >= 0.3 is 0 Å². The number of rotatable bonds is 5. The smallest absolute Gasteiger partial charge is 0.234 e. The van der Waals surface area contributed by atoms with Crippen LogP contribution in [0.5, 0.6) is 0 Å². The van der Waals surface area contributed by atoms with Gasteiger partial charge in [-0.05, 0) is 32.6 Å². The summed E-state index contributed by atoms with van der Waals surface area (Å²) in [5, 5.41) is 6.46. The van der Waals surface area contributed by atoms with Crippen molar-refractivity contribution >= 4 is 5.91 Å². The molecule has 0 spiro atoms. The van der Waals surface area contributed by atoms with Gasteiger partial charge in [0.25, 0.3) is 0 Å². The SMILES string of the molecule is CC(C)C(C)NC(=O)CNC1(C)CCCCC1. The highest BCUT2D eigenvalue weighted by Crippen LogP contribution is 2.27. The van der Waals surface area contributed by atoms with E-state index in [1.807, 2.05) is 0 Å². The Morgan fingerprint density at radius 2 is 1.76 bits per heavy atom. The lowest BCUT2D eigenvalue weighted by Gasteiger charge is -2.34. The van der Waals surface area contributed by atoms with E-state index in [1.165, 1.54) is 32.1 Å². The van der Waals surface area contributed by atoms with Crippen molar-refractivity contribution in [1.29, 1.82) is 0 Å². The molecule has 1 rings (SSSR count). The Bertz CT molecular complexity index is 245. The van der Waals surface area contributed by atoms with Crippen LogP contribution < -0.4 is 10.6 Å². The Balaban J connectivity index is 2.27. The molecule has 0 radical (unpaired) electrons. The van der Waals surface area contributed by atoms with Gasteiger partial charge in [-0.25, -0.2) is 0 Å². The van der Waals surface area contributed by atoms with E-state index >= 15 is 0 Å². The maximum Gasteiger partial charge on any atom is 0.234 e. The van der Waals surface area contributed by atoms with Crippen LogP contribution in [0.25, 0.3) is 0 Å². The van der Waals surface area contributed by atoms with Gasteiger partial charge in [0, 0.05) is 11.6 Å². The lowest BCUT2D eigenvalue weighted by Crippen LogP contribution is -2.50. The third-order valence-corrected chi connectivity index (χ3v) is 4.02. The van der Waals surface area contributed by atoms with E-state index in [-0.39, 0.29) is 17.5 Å². The minimum Gasteiger partial charge on any atom is -0.352 e. The molecule has 1 amide bonds. The lowest BCUT2D eigenvalue weighted by atomic mass is 9.83. The molecule has 0 aliphatic heterocycles. The van der Waals surface area contributed by atoms with E-state index in [0.717, 1.165) is 0 Å². The molecule has 0 saturated heterocycles. The second-order valence-electron chi connectivity index (χ2n) is 6.08. The number of hydrogen-bond donors (Lipinski definition) is 2. The summed E-state index contributed by atoms with van der Waals surface area (Å²) in [6.45, 7) is 9.01. The fourth-order valence-corrected chi connectivity index (χ4v) is 2.27. The molecular formula is C14H28N2O. The largest absolute Gasteiger partial charge is 0.352 e. The molecule has 100 valence electrons. The van der Waals surface area contributed by atoms with Crippen LogP contribution in [0.1, 0.15) is 59.8 Å². The number of carbonyl (C=O) groups excluding carboxylic acids is 1. The van der Waals surface area contributed by atoms with E-state index in [9.17, 15) is 4.79 Å². The molecule has 3 nitrogen and oxygen atoms in total. The van der Waals surface area contributed by atoms with Gasteiger partial charge in [0.15, 0.2) is 0 Å². The van der Waals surface area contributed by atoms with E-state index in [4.69, 9.17) is 0 Å². The summed E-state index contributed by atoms with van der Waals surface area (Å²) < 4.78 is 0. The summed E-state index contributed by atoms with van der Waals surface area (Å²) in [5.74, 6) is 0.613. The average molecular weight is 240 g/mol. The average Bonchev–Trinajstić information content (AvgIpc) is 2.27. The number of nitrogens with one attached hydrogen (secondary N) is 2. The van der Waals surface area contributed by atoms with Crippen LogP contribution in [0.4, 0.5) is 0 Å². The van der Waals surface area contributed by atoms with Crippen molar-refractivity contribution in [3.05, 3.63) is 0 Å². The van der Waals surface area contributed by atoms with E-state index in [2.05, 4.69) is 38.3 Å². The Labute approximate surface area is 106 Å². The summed E-state index contributed by atoms with van der Waals surface area (Å²) in [5.41, 5.74) is 0.177. The molecular weight excluding hydrogens is 212 g/mol. The van der Waals surface area contributed by atoms with Crippen LogP contribution in [0.3, 0.4) is 0 Å². The second kappa shape index (κ2) is 6.39. The molecule has 1 saturated carbocycles. The molecule has 1 fully saturated rings. The van der Waals surface area contributed by atoms with Crippen molar-refractivity contribution in [1.82, 2.24) is 10.6 Å². The summed E-state index contributed by atoms with van der Waals surface area (Å²) in [7, 11) is 0. The van der Waals surface area contributed by atoms with Crippen molar-refractivity contribution in [3.8, 4) is 0 Å². The normalized spacial score (nSPS) is 21.2. The van der Waals surface area contributed by atoms with Crippen LogP contribution >= 0.6 is 0 Å². The lowest BCUT2D eigenvalue weighted by molar-refractivity contribution is -0.121. The fraction of sp³-hybridized carbons (Fsp3) is 0.929. The van der Waals surface area contributed by atoms with Crippen LogP contribution in [-0.4, -0.2) is 24.0 Å².